The normalized spacial score (nSPS) is 11.9. The number of carboxylic acids is 1. The van der Waals surface area contributed by atoms with E-state index in [9.17, 15) is 18.0 Å². The Hall–Kier alpha value is -2.05. The maximum atomic E-state index is 12.1. The van der Waals surface area contributed by atoms with Crippen molar-refractivity contribution in [3.63, 3.8) is 0 Å². The summed E-state index contributed by atoms with van der Waals surface area (Å²) in [5.41, 5.74) is -0.219. The first-order valence-corrected chi connectivity index (χ1v) is 4.55. The Morgan fingerprint density at radius 2 is 2.12 bits per heavy atom. The van der Waals surface area contributed by atoms with E-state index in [1.54, 1.807) is 0 Å². The summed E-state index contributed by atoms with van der Waals surface area (Å²) in [6.07, 6.45) is -5.76. The quantitative estimate of drug-likeness (QED) is 0.883. The Morgan fingerprint density at radius 1 is 1.41 bits per heavy atom. The van der Waals surface area contributed by atoms with Crippen molar-refractivity contribution >= 4 is 17.1 Å². The second-order valence-corrected chi connectivity index (χ2v) is 3.36. The van der Waals surface area contributed by atoms with Gasteiger partial charge in [-0.2, -0.15) is 13.2 Å². The van der Waals surface area contributed by atoms with E-state index in [4.69, 9.17) is 9.52 Å². The van der Waals surface area contributed by atoms with E-state index < -0.39 is 24.5 Å². The smallest absolute Gasteiger partial charge is 0.397 e. The van der Waals surface area contributed by atoms with Crippen molar-refractivity contribution in [3.05, 3.63) is 29.7 Å². The number of alkyl halides is 3. The molecule has 0 aliphatic rings. The first-order chi connectivity index (χ1) is 7.87. The molecule has 0 amide bonds. The van der Waals surface area contributed by atoms with Gasteiger partial charge in [-0.05, 0) is 12.1 Å². The topological polar surface area (TPSA) is 63.3 Å². The number of carboxylic acid groups (broad SMARTS) is 1. The number of hydrogen-bond acceptors (Lipinski definition) is 3. The van der Waals surface area contributed by atoms with Gasteiger partial charge in [-0.1, -0.05) is 6.07 Å². The third kappa shape index (κ3) is 2.38. The summed E-state index contributed by atoms with van der Waals surface area (Å²) < 4.78 is 41.2. The van der Waals surface area contributed by atoms with Gasteiger partial charge in [-0.25, -0.2) is 9.78 Å². The van der Waals surface area contributed by atoms with Crippen molar-refractivity contribution in [2.75, 3.05) is 0 Å². The van der Waals surface area contributed by atoms with Crippen LogP contribution in [0.1, 0.15) is 16.2 Å². The lowest BCUT2D eigenvalue weighted by atomic mass is 10.2. The highest BCUT2D eigenvalue weighted by Crippen LogP contribution is 2.25. The molecule has 0 atom stereocenters. The van der Waals surface area contributed by atoms with Crippen molar-refractivity contribution in [1.29, 1.82) is 0 Å². The fourth-order valence-electron chi connectivity index (χ4n) is 1.41. The Bertz CT molecular complexity index is 574. The van der Waals surface area contributed by atoms with Gasteiger partial charge >= 0.3 is 12.1 Å². The summed E-state index contributed by atoms with van der Waals surface area (Å²) in [5, 5.41) is 8.82. The van der Waals surface area contributed by atoms with E-state index >= 15 is 0 Å². The number of oxazole rings is 1. The predicted molar refractivity (Wildman–Crippen MR) is 50.7 cm³/mol. The number of fused-ring (bicyclic) bond motifs is 1. The minimum absolute atomic E-state index is 0.0316. The molecule has 0 radical (unpaired) electrons. The average molecular weight is 245 g/mol. The molecule has 1 aromatic heterocycles. The molecule has 1 aromatic carbocycles. The van der Waals surface area contributed by atoms with Crippen LogP contribution in [0.15, 0.2) is 22.6 Å². The van der Waals surface area contributed by atoms with Gasteiger partial charge in [0.15, 0.2) is 5.58 Å². The third-order valence-electron chi connectivity index (χ3n) is 2.05. The molecule has 0 unspecified atom stereocenters. The molecular formula is C10H6F3NO3. The molecule has 1 N–H and O–H groups in total. The molecule has 4 nitrogen and oxygen atoms in total. The number of hydrogen-bond donors (Lipinski definition) is 1. The van der Waals surface area contributed by atoms with Crippen molar-refractivity contribution in [2.24, 2.45) is 0 Å². The summed E-state index contributed by atoms with van der Waals surface area (Å²) in [7, 11) is 0. The van der Waals surface area contributed by atoms with Crippen LogP contribution in [-0.2, 0) is 6.42 Å². The first kappa shape index (κ1) is 11.4. The minimum atomic E-state index is -4.44. The molecule has 0 fully saturated rings. The number of carbonyl (C=O) groups is 1. The lowest BCUT2D eigenvalue weighted by Crippen LogP contribution is -2.11. The second kappa shape index (κ2) is 3.76. The second-order valence-electron chi connectivity index (χ2n) is 3.36. The molecule has 90 valence electrons. The van der Waals surface area contributed by atoms with E-state index in [0.29, 0.717) is 0 Å². The summed E-state index contributed by atoms with van der Waals surface area (Å²) in [6.45, 7) is 0. The van der Waals surface area contributed by atoms with Gasteiger partial charge in [-0.15, -0.1) is 0 Å². The van der Waals surface area contributed by atoms with Crippen molar-refractivity contribution in [3.8, 4) is 0 Å². The number of halogens is 3. The Kier molecular flexibility index (Phi) is 2.53. The van der Waals surface area contributed by atoms with Crippen molar-refractivity contribution < 1.29 is 27.5 Å². The zero-order valence-corrected chi connectivity index (χ0v) is 8.28. The van der Waals surface area contributed by atoms with Gasteiger partial charge in [0.05, 0.1) is 5.56 Å². The largest absolute Gasteiger partial charge is 0.478 e. The standard InChI is InChI=1S/C10H6F3NO3/c11-10(12,13)4-7-14-8-5(9(15)16)2-1-3-6(8)17-7/h1-3H,4H2,(H,15,16). The van der Waals surface area contributed by atoms with Crippen LogP contribution >= 0.6 is 0 Å². The number of aromatic nitrogens is 1. The van der Waals surface area contributed by atoms with Crippen LogP contribution in [0.4, 0.5) is 13.2 Å². The molecule has 0 bridgehead atoms. The molecule has 0 spiro atoms. The Labute approximate surface area is 92.7 Å². The van der Waals surface area contributed by atoms with Crippen LogP contribution in [0.5, 0.6) is 0 Å². The first-order valence-electron chi connectivity index (χ1n) is 4.55. The average Bonchev–Trinajstić information content (AvgIpc) is 2.55. The highest BCUT2D eigenvalue weighted by molar-refractivity contribution is 6.00. The maximum absolute atomic E-state index is 12.1. The fraction of sp³-hybridized carbons (Fsp3) is 0.200. The van der Waals surface area contributed by atoms with E-state index in [2.05, 4.69) is 4.98 Å². The third-order valence-corrected chi connectivity index (χ3v) is 2.05. The van der Waals surface area contributed by atoms with Gasteiger partial charge in [0, 0.05) is 0 Å². The van der Waals surface area contributed by atoms with Gasteiger partial charge in [0.1, 0.15) is 11.9 Å². The summed E-state index contributed by atoms with van der Waals surface area (Å²) >= 11 is 0. The molecule has 0 aliphatic heterocycles. The van der Waals surface area contributed by atoms with Crippen LogP contribution in [0.25, 0.3) is 11.1 Å². The highest BCUT2D eigenvalue weighted by Gasteiger charge is 2.31. The monoisotopic (exact) mass is 245 g/mol. The number of para-hydroxylation sites is 1. The number of rotatable bonds is 2. The van der Waals surface area contributed by atoms with Crippen molar-refractivity contribution in [1.82, 2.24) is 4.98 Å². The SMILES string of the molecule is O=C(O)c1cccc2oc(CC(F)(F)F)nc12. The molecule has 0 saturated carbocycles. The van der Waals surface area contributed by atoms with Crippen LogP contribution in [0.2, 0.25) is 0 Å². The minimum Gasteiger partial charge on any atom is -0.478 e. The van der Waals surface area contributed by atoms with Crippen molar-refractivity contribution in [2.45, 2.75) is 12.6 Å². The summed E-state index contributed by atoms with van der Waals surface area (Å²) in [4.78, 5) is 14.4. The molecule has 1 heterocycles. The molecule has 0 aliphatic carbocycles. The fourth-order valence-corrected chi connectivity index (χ4v) is 1.41. The van der Waals surface area contributed by atoms with Gasteiger partial charge in [0.25, 0.3) is 0 Å². The lowest BCUT2D eigenvalue weighted by Gasteiger charge is -2.00. The molecule has 17 heavy (non-hydrogen) atoms. The Balaban J connectivity index is 2.50. The van der Waals surface area contributed by atoms with Crippen LogP contribution in [0, 0.1) is 0 Å². The van der Waals surface area contributed by atoms with Gasteiger partial charge < -0.3 is 9.52 Å². The summed E-state index contributed by atoms with van der Waals surface area (Å²) in [5.74, 6) is -1.80. The van der Waals surface area contributed by atoms with Gasteiger partial charge in [0.2, 0.25) is 5.89 Å². The summed E-state index contributed by atoms with van der Waals surface area (Å²) in [6, 6.07) is 4.01. The van der Waals surface area contributed by atoms with Gasteiger partial charge in [-0.3, -0.25) is 0 Å². The van der Waals surface area contributed by atoms with E-state index in [1.807, 2.05) is 0 Å². The number of benzene rings is 1. The molecule has 0 saturated heterocycles. The van der Waals surface area contributed by atoms with Crippen LogP contribution in [0.3, 0.4) is 0 Å². The highest BCUT2D eigenvalue weighted by atomic mass is 19.4. The van der Waals surface area contributed by atoms with E-state index in [-0.39, 0.29) is 16.7 Å². The maximum Gasteiger partial charge on any atom is 0.397 e. The number of nitrogens with zero attached hydrogens (tertiary/aromatic N) is 1. The molecular weight excluding hydrogens is 239 g/mol. The van der Waals surface area contributed by atoms with E-state index in [1.165, 1.54) is 18.2 Å². The Morgan fingerprint density at radius 3 is 2.71 bits per heavy atom. The predicted octanol–water partition coefficient (Wildman–Crippen LogP) is 2.63. The molecule has 2 aromatic rings. The molecule has 7 heteroatoms. The molecule has 2 rings (SSSR count). The van der Waals surface area contributed by atoms with Crippen LogP contribution in [-0.4, -0.2) is 22.2 Å². The van der Waals surface area contributed by atoms with Crippen LogP contribution < -0.4 is 0 Å². The lowest BCUT2D eigenvalue weighted by molar-refractivity contribution is -0.130. The zero-order valence-electron chi connectivity index (χ0n) is 8.28. The van der Waals surface area contributed by atoms with E-state index in [0.717, 1.165) is 0 Å². The zero-order chi connectivity index (χ0) is 12.6. The number of aromatic carboxylic acids is 1.